The fourth-order valence-corrected chi connectivity index (χ4v) is 4.29. The Bertz CT molecular complexity index is 919. The highest BCUT2D eigenvalue weighted by Crippen LogP contribution is 2.33. The Morgan fingerprint density at radius 2 is 1.81 bits per heavy atom. The van der Waals surface area contributed by atoms with Crippen LogP contribution in [0.5, 0.6) is 0 Å². The van der Waals surface area contributed by atoms with Gasteiger partial charge in [-0.05, 0) is 31.9 Å². The second-order valence-corrected chi connectivity index (χ2v) is 8.39. The number of urea groups is 1. The maximum absolute atomic E-state index is 13.1. The zero-order valence-electron chi connectivity index (χ0n) is 19.7. The van der Waals surface area contributed by atoms with Crippen LogP contribution in [0.15, 0.2) is 29.5 Å². The minimum Gasteiger partial charge on any atom is -0.463 e. The Labute approximate surface area is 190 Å². The molecule has 0 unspecified atom stereocenters. The molecule has 0 aromatic heterocycles. The number of amides is 3. The lowest BCUT2D eigenvalue weighted by atomic mass is 9.90. The highest BCUT2D eigenvalue weighted by Gasteiger charge is 2.38. The number of hydrogen-bond acceptors (Lipinski definition) is 5. The summed E-state index contributed by atoms with van der Waals surface area (Å²) in [6.45, 7) is 11.0. The summed E-state index contributed by atoms with van der Waals surface area (Å²) >= 11 is 0. The predicted octanol–water partition coefficient (Wildman–Crippen LogP) is 2.37. The quantitative estimate of drug-likeness (QED) is 0.684. The molecule has 1 atom stereocenters. The summed E-state index contributed by atoms with van der Waals surface area (Å²) in [6.07, 6.45) is 0.499. The number of ether oxygens (including phenoxy) is 1. The van der Waals surface area contributed by atoms with E-state index in [0.29, 0.717) is 50.4 Å². The van der Waals surface area contributed by atoms with E-state index >= 15 is 0 Å². The number of carbonyl (C=O) groups is 3. The molecular weight excluding hydrogens is 408 g/mol. The van der Waals surface area contributed by atoms with Gasteiger partial charge in [0.05, 0.1) is 18.2 Å². The molecule has 0 radical (unpaired) electrons. The monoisotopic (exact) mass is 442 g/mol. The van der Waals surface area contributed by atoms with Crippen molar-refractivity contribution in [3.05, 3.63) is 46.2 Å². The molecule has 2 aliphatic rings. The van der Waals surface area contributed by atoms with E-state index in [9.17, 15) is 14.4 Å². The molecule has 1 aromatic carbocycles. The number of nitrogens with zero attached hydrogens (tertiary/aromatic N) is 3. The van der Waals surface area contributed by atoms with Crippen molar-refractivity contribution in [2.75, 3.05) is 46.4 Å². The van der Waals surface area contributed by atoms with Crippen LogP contribution in [0.25, 0.3) is 0 Å². The molecule has 1 N–H and O–H groups in total. The van der Waals surface area contributed by atoms with Crippen molar-refractivity contribution in [3.63, 3.8) is 0 Å². The van der Waals surface area contributed by atoms with Gasteiger partial charge in [-0.3, -0.25) is 14.6 Å². The first kappa shape index (κ1) is 23.8. The largest absolute Gasteiger partial charge is 0.463 e. The van der Waals surface area contributed by atoms with Gasteiger partial charge in [0.1, 0.15) is 0 Å². The number of carbonyl (C=O) groups excluding carboxylic acids is 3. The van der Waals surface area contributed by atoms with Crippen molar-refractivity contribution in [3.8, 4) is 0 Å². The summed E-state index contributed by atoms with van der Waals surface area (Å²) in [4.78, 5) is 43.6. The second kappa shape index (κ2) is 10.2. The van der Waals surface area contributed by atoms with Crippen LogP contribution in [-0.2, 0) is 14.3 Å². The van der Waals surface area contributed by atoms with E-state index in [4.69, 9.17) is 4.74 Å². The smallest absolute Gasteiger partial charge is 0.338 e. The van der Waals surface area contributed by atoms with Crippen LogP contribution < -0.4 is 5.32 Å². The Morgan fingerprint density at radius 1 is 1.12 bits per heavy atom. The molecule has 1 fully saturated rings. The molecular formula is C24H34N4O4. The summed E-state index contributed by atoms with van der Waals surface area (Å²) in [5.41, 5.74) is 4.06. The molecule has 32 heavy (non-hydrogen) atoms. The number of rotatable bonds is 6. The van der Waals surface area contributed by atoms with Gasteiger partial charge in [0.15, 0.2) is 0 Å². The SMILES string of the molecule is CCOC(=O)C1=C(CN2CCN(C(=O)CC)CC2)N(C)C(=O)N[C@@H]1c1cc(C)ccc1C. The maximum Gasteiger partial charge on any atom is 0.338 e. The molecule has 0 aliphatic carbocycles. The maximum atomic E-state index is 13.1. The van der Waals surface area contributed by atoms with Crippen molar-refractivity contribution in [2.45, 2.75) is 40.2 Å². The third-order valence-electron chi connectivity index (χ3n) is 6.22. The Balaban J connectivity index is 1.97. The minimum absolute atomic E-state index is 0.153. The summed E-state index contributed by atoms with van der Waals surface area (Å²) in [7, 11) is 1.68. The van der Waals surface area contributed by atoms with E-state index in [1.165, 1.54) is 4.90 Å². The summed E-state index contributed by atoms with van der Waals surface area (Å²) in [5, 5.41) is 2.99. The lowest BCUT2D eigenvalue weighted by Gasteiger charge is -2.39. The molecule has 0 spiro atoms. The van der Waals surface area contributed by atoms with Gasteiger partial charge in [-0.1, -0.05) is 30.7 Å². The lowest BCUT2D eigenvalue weighted by molar-refractivity contribution is -0.139. The highest BCUT2D eigenvalue weighted by molar-refractivity contribution is 5.95. The molecule has 8 heteroatoms. The standard InChI is InChI=1S/C24H34N4O4/c1-6-20(29)28-12-10-27(11-13-28)15-19-21(23(30)32-7-2)22(25-24(31)26(19)5)18-14-16(3)8-9-17(18)4/h8-9,14,22H,6-7,10-13,15H2,1-5H3,(H,25,31)/t22-/m1/s1. The van der Waals surface area contributed by atoms with Crippen LogP contribution >= 0.6 is 0 Å². The topological polar surface area (TPSA) is 82.2 Å². The van der Waals surface area contributed by atoms with Crippen molar-refractivity contribution < 1.29 is 19.1 Å². The van der Waals surface area contributed by atoms with Crippen molar-refractivity contribution in [2.24, 2.45) is 0 Å². The second-order valence-electron chi connectivity index (χ2n) is 8.39. The number of likely N-dealkylation sites (N-methyl/N-ethyl adjacent to an activating group) is 1. The number of nitrogens with one attached hydrogen (secondary N) is 1. The number of hydrogen-bond donors (Lipinski definition) is 1. The third kappa shape index (κ3) is 4.96. The molecule has 2 heterocycles. The van der Waals surface area contributed by atoms with Gasteiger partial charge in [0, 0.05) is 51.9 Å². The number of aryl methyl sites for hydroxylation is 2. The predicted molar refractivity (Wildman–Crippen MR) is 122 cm³/mol. The van der Waals surface area contributed by atoms with Gasteiger partial charge in [-0.25, -0.2) is 9.59 Å². The van der Waals surface area contributed by atoms with E-state index in [-0.39, 0.29) is 18.5 Å². The average molecular weight is 443 g/mol. The summed E-state index contributed by atoms with van der Waals surface area (Å²) < 4.78 is 5.42. The number of benzene rings is 1. The third-order valence-corrected chi connectivity index (χ3v) is 6.22. The summed E-state index contributed by atoms with van der Waals surface area (Å²) in [5.74, 6) is -0.264. The number of piperazine rings is 1. The van der Waals surface area contributed by atoms with Gasteiger partial charge in [-0.15, -0.1) is 0 Å². The van der Waals surface area contributed by atoms with Crippen molar-refractivity contribution >= 4 is 17.9 Å². The molecule has 1 saturated heterocycles. The molecule has 1 aromatic rings. The highest BCUT2D eigenvalue weighted by atomic mass is 16.5. The van der Waals surface area contributed by atoms with Crippen molar-refractivity contribution in [1.29, 1.82) is 0 Å². The minimum atomic E-state index is -0.574. The molecule has 2 aliphatic heterocycles. The van der Waals surface area contributed by atoms with Gasteiger partial charge in [-0.2, -0.15) is 0 Å². The van der Waals surface area contributed by atoms with Gasteiger partial charge in [0.2, 0.25) is 5.91 Å². The van der Waals surface area contributed by atoms with Gasteiger partial charge in [0.25, 0.3) is 0 Å². The van der Waals surface area contributed by atoms with Crippen LogP contribution in [-0.4, -0.2) is 79.0 Å². The van der Waals surface area contributed by atoms with E-state index in [1.54, 1.807) is 14.0 Å². The Morgan fingerprint density at radius 3 is 2.44 bits per heavy atom. The van der Waals surface area contributed by atoms with E-state index < -0.39 is 12.0 Å². The normalized spacial score (nSPS) is 19.8. The summed E-state index contributed by atoms with van der Waals surface area (Å²) in [6, 6.07) is 5.20. The lowest BCUT2D eigenvalue weighted by Crippen LogP contribution is -2.53. The van der Waals surface area contributed by atoms with Crippen LogP contribution in [0, 0.1) is 13.8 Å². The zero-order valence-corrected chi connectivity index (χ0v) is 19.7. The van der Waals surface area contributed by atoms with Crippen molar-refractivity contribution in [1.82, 2.24) is 20.0 Å². The Kier molecular flexibility index (Phi) is 7.56. The Hall–Kier alpha value is -2.87. The van der Waals surface area contributed by atoms with Crippen LogP contribution in [0.4, 0.5) is 4.79 Å². The average Bonchev–Trinajstić information content (AvgIpc) is 2.78. The molecule has 0 bridgehead atoms. The fourth-order valence-electron chi connectivity index (χ4n) is 4.29. The molecule has 8 nitrogen and oxygen atoms in total. The first-order chi connectivity index (χ1) is 15.3. The zero-order chi connectivity index (χ0) is 23.4. The van der Waals surface area contributed by atoms with E-state index in [2.05, 4.69) is 10.2 Å². The molecule has 3 amide bonds. The first-order valence-electron chi connectivity index (χ1n) is 11.3. The van der Waals surface area contributed by atoms with E-state index in [0.717, 1.165) is 16.7 Å². The van der Waals surface area contributed by atoms with Gasteiger partial charge < -0.3 is 15.0 Å². The first-order valence-corrected chi connectivity index (χ1v) is 11.3. The number of esters is 1. The van der Waals surface area contributed by atoms with Crippen LogP contribution in [0.2, 0.25) is 0 Å². The van der Waals surface area contributed by atoms with Crippen LogP contribution in [0.1, 0.15) is 43.0 Å². The van der Waals surface area contributed by atoms with Crippen LogP contribution in [0.3, 0.4) is 0 Å². The van der Waals surface area contributed by atoms with E-state index in [1.807, 2.05) is 43.9 Å². The fraction of sp³-hybridized carbons (Fsp3) is 0.542. The molecule has 174 valence electrons. The van der Waals surface area contributed by atoms with Gasteiger partial charge >= 0.3 is 12.0 Å². The molecule has 3 rings (SSSR count). The molecule has 0 saturated carbocycles.